The average Bonchev–Trinajstić information content (AvgIpc) is 3.28. The van der Waals surface area contributed by atoms with Gasteiger partial charge in [0, 0.05) is 37.6 Å². The van der Waals surface area contributed by atoms with E-state index in [-0.39, 0.29) is 9.77 Å². The van der Waals surface area contributed by atoms with Gasteiger partial charge in [-0.05, 0) is 73.2 Å². The van der Waals surface area contributed by atoms with Crippen molar-refractivity contribution in [2.45, 2.75) is 25.7 Å². The Labute approximate surface area is 193 Å². The minimum Gasteiger partial charge on any atom is -0.369 e. The first-order chi connectivity index (χ1) is 15.3. The van der Waals surface area contributed by atoms with E-state index in [1.54, 1.807) is 5.38 Å². The van der Waals surface area contributed by atoms with Gasteiger partial charge in [-0.25, -0.2) is 8.42 Å². The number of benzene rings is 2. The number of thiophene rings is 1. The highest BCUT2D eigenvalue weighted by molar-refractivity contribution is 7.89. The lowest BCUT2D eigenvalue weighted by molar-refractivity contribution is 0.102. The van der Waals surface area contributed by atoms with Crippen molar-refractivity contribution in [1.82, 2.24) is 4.31 Å². The Morgan fingerprint density at radius 1 is 0.938 bits per heavy atom. The van der Waals surface area contributed by atoms with E-state index in [2.05, 4.69) is 16.3 Å². The van der Waals surface area contributed by atoms with Gasteiger partial charge in [0.05, 0.1) is 0 Å². The molecule has 3 aromatic rings. The topological polar surface area (TPSA) is 69.7 Å². The Bertz CT molecular complexity index is 1240. The van der Waals surface area contributed by atoms with Crippen LogP contribution < -0.4 is 10.2 Å². The summed E-state index contributed by atoms with van der Waals surface area (Å²) in [6, 6.07) is 15.4. The first-order valence-electron chi connectivity index (χ1n) is 10.5. The van der Waals surface area contributed by atoms with Crippen molar-refractivity contribution in [2.75, 3.05) is 36.4 Å². The average molecular weight is 470 g/mol. The number of carbonyl (C=O) groups is 1. The molecule has 0 saturated carbocycles. The molecule has 0 atom stereocenters. The number of aryl methyl sites for hydroxylation is 3. The Balaban J connectivity index is 1.49. The van der Waals surface area contributed by atoms with Gasteiger partial charge in [-0.15, -0.1) is 11.3 Å². The van der Waals surface area contributed by atoms with Crippen LogP contribution in [0.4, 0.5) is 11.4 Å². The van der Waals surface area contributed by atoms with Gasteiger partial charge in [0.15, 0.2) is 0 Å². The molecule has 0 spiro atoms. The number of piperazine rings is 1. The van der Waals surface area contributed by atoms with Crippen LogP contribution in [0.3, 0.4) is 0 Å². The molecule has 1 aromatic heterocycles. The lowest BCUT2D eigenvalue weighted by Crippen LogP contribution is -2.48. The zero-order valence-electron chi connectivity index (χ0n) is 18.5. The third-order valence-electron chi connectivity index (χ3n) is 5.82. The number of hydrogen-bond donors (Lipinski definition) is 1. The summed E-state index contributed by atoms with van der Waals surface area (Å²) in [6.07, 6.45) is 0. The Morgan fingerprint density at radius 3 is 2.38 bits per heavy atom. The number of sulfonamides is 1. The van der Waals surface area contributed by atoms with Gasteiger partial charge in [-0.3, -0.25) is 4.79 Å². The SMILES string of the molecule is Cc1cccc(N2CCN(S(=O)(=O)c3ccsc3C(=O)Nc3ccc(C)c(C)c3)CC2)c1. The second-order valence-electron chi connectivity index (χ2n) is 8.10. The normalized spacial score (nSPS) is 15.0. The van der Waals surface area contributed by atoms with Gasteiger partial charge in [0.1, 0.15) is 9.77 Å². The fourth-order valence-electron chi connectivity index (χ4n) is 3.82. The molecular weight excluding hydrogens is 442 g/mol. The van der Waals surface area contributed by atoms with Gasteiger partial charge < -0.3 is 10.2 Å². The number of amides is 1. The number of rotatable bonds is 5. The van der Waals surface area contributed by atoms with E-state index in [0.717, 1.165) is 28.2 Å². The maximum atomic E-state index is 13.4. The van der Waals surface area contributed by atoms with E-state index < -0.39 is 15.9 Å². The summed E-state index contributed by atoms with van der Waals surface area (Å²) in [5.74, 6) is -0.403. The Hall–Kier alpha value is -2.68. The lowest BCUT2D eigenvalue weighted by Gasteiger charge is -2.35. The molecule has 1 aliphatic heterocycles. The number of nitrogens with zero attached hydrogens (tertiary/aromatic N) is 2. The maximum absolute atomic E-state index is 13.4. The number of hydrogen-bond acceptors (Lipinski definition) is 5. The minimum atomic E-state index is -3.76. The summed E-state index contributed by atoms with van der Waals surface area (Å²) >= 11 is 1.15. The summed E-state index contributed by atoms with van der Waals surface area (Å²) in [6.45, 7) is 8.00. The van der Waals surface area contributed by atoms with Crippen molar-refractivity contribution < 1.29 is 13.2 Å². The predicted octanol–water partition coefficient (Wildman–Crippen LogP) is 4.44. The van der Waals surface area contributed by atoms with Crippen LogP contribution in [0.15, 0.2) is 58.8 Å². The third-order valence-corrected chi connectivity index (χ3v) is 8.81. The Kier molecular flexibility index (Phi) is 6.37. The molecular formula is C24H27N3O3S2. The fourth-order valence-corrected chi connectivity index (χ4v) is 6.54. The number of carbonyl (C=O) groups excluding carboxylic acids is 1. The Morgan fingerprint density at radius 2 is 1.69 bits per heavy atom. The molecule has 1 saturated heterocycles. The van der Waals surface area contributed by atoms with Crippen LogP contribution in [0.1, 0.15) is 26.4 Å². The molecule has 0 radical (unpaired) electrons. The van der Waals surface area contributed by atoms with Gasteiger partial charge in [0.2, 0.25) is 10.0 Å². The summed E-state index contributed by atoms with van der Waals surface area (Å²) in [5, 5.41) is 4.50. The number of nitrogens with one attached hydrogen (secondary N) is 1. The lowest BCUT2D eigenvalue weighted by atomic mass is 10.1. The standard InChI is InChI=1S/C24H27N3O3S2/c1-17-5-4-6-21(15-17)26-10-12-27(13-11-26)32(29,30)22-9-14-31-23(22)24(28)25-20-8-7-18(2)19(3)16-20/h4-9,14-16H,10-13H2,1-3H3,(H,25,28). The highest BCUT2D eigenvalue weighted by Crippen LogP contribution is 2.28. The van der Waals surface area contributed by atoms with E-state index in [9.17, 15) is 13.2 Å². The summed E-state index contributed by atoms with van der Waals surface area (Å²) < 4.78 is 28.2. The smallest absolute Gasteiger partial charge is 0.267 e. The predicted molar refractivity (Wildman–Crippen MR) is 130 cm³/mol. The van der Waals surface area contributed by atoms with Crippen molar-refractivity contribution in [3.8, 4) is 0 Å². The highest BCUT2D eigenvalue weighted by Gasteiger charge is 2.32. The van der Waals surface area contributed by atoms with Gasteiger partial charge >= 0.3 is 0 Å². The van der Waals surface area contributed by atoms with E-state index in [1.807, 2.05) is 57.2 Å². The van der Waals surface area contributed by atoms with Crippen LogP contribution in [-0.4, -0.2) is 44.8 Å². The second-order valence-corrected chi connectivity index (χ2v) is 10.9. The quantitative estimate of drug-likeness (QED) is 0.600. The van der Waals surface area contributed by atoms with Crippen molar-refractivity contribution in [3.63, 3.8) is 0 Å². The third kappa shape index (κ3) is 4.57. The highest BCUT2D eigenvalue weighted by atomic mass is 32.2. The van der Waals surface area contributed by atoms with Crippen molar-refractivity contribution in [1.29, 1.82) is 0 Å². The monoisotopic (exact) mass is 469 g/mol. The van der Waals surface area contributed by atoms with Gasteiger partial charge in [0.25, 0.3) is 5.91 Å². The van der Waals surface area contributed by atoms with Crippen molar-refractivity contribution in [2.24, 2.45) is 0 Å². The molecule has 2 heterocycles. The molecule has 1 N–H and O–H groups in total. The molecule has 1 aliphatic rings. The van der Waals surface area contributed by atoms with E-state index in [1.165, 1.54) is 15.9 Å². The largest absolute Gasteiger partial charge is 0.369 e. The van der Waals surface area contributed by atoms with Crippen LogP contribution in [0.5, 0.6) is 0 Å². The second kappa shape index (κ2) is 9.05. The van der Waals surface area contributed by atoms with E-state index in [0.29, 0.717) is 31.9 Å². The van der Waals surface area contributed by atoms with E-state index >= 15 is 0 Å². The van der Waals surface area contributed by atoms with Crippen LogP contribution in [0.2, 0.25) is 0 Å². The molecule has 2 aromatic carbocycles. The summed E-state index contributed by atoms with van der Waals surface area (Å²) in [4.78, 5) is 15.4. The van der Waals surface area contributed by atoms with Crippen LogP contribution in [0.25, 0.3) is 0 Å². The first-order valence-corrected chi connectivity index (χ1v) is 12.9. The van der Waals surface area contributed by atoms with E-state index in [4.69, 9.17) is 0 Å². The molecule has 4 rings (SSSR count). The molecule has 32 heavy (non-hydrogen) atoms. The first kappa shape index (κ1) is 22.5. The van der Waals surface area contributed by atoms with Crippen molar-refractivity contribution >= 4 is 38.6 Å². The molecule has 0 bridgehead atoms. The zero-order valence-corrected chi connectivity index (χ0v) is 20.1. The number of anilines is 2. The molecule has 6 nitrogen and oxygen atoms in total. The van der Waals surface area contributed by atoms with Crippen molar-refractivity contribution in [3.05, 3.63) is 75.5 Å². The van der Waals surface area contributed by atoms with Crippen LogP contribution >= 0.6 is 11.3 Å². The van der Waals surface area contributed by atoms with Gasteiger partial charge in [-0.1, -0.05) is 18.2 Å². The zero-order chi connectivity index (χ0) is 22.9. The fraction of sp³-hybridized carbons (Fsp3) is 0.292. The summed E-state index contributed by atoms with van der Waals surface area (Å²) in [5.41, 5.74) is 5.13. The minimum absolute atomic E-state index is 0.0767. The maximum Gasteiger partial charge on any atom is 0.267 e. The molecule has 1 fully saturated rings. The molecule has 8 heteroatoms. The van der Waals surface area contributed by atoms with Crippen LogP contribution in [-0.2, 0) is 10.0 Å². The van der Waals surface area contributed by atoms with Gasteiger partial charge in [-0.2, -0.15) is 4.31 Å². The summed E-state index contributed by atoms with van der Waals surface area (Å²) in [7, 11) is -3.76. The molecule has 168 valence electrons. The van der Waals surface area contributed by atoms with Crippen LogP contribution in [0, 0.1) is 20.8 Å². The molecule has 0 aliphatic carbocycles. The molecule has 1 amide bonds. The molecule has 0 unspecified atom stereocenters.